The van der Waals surface area contributed by atoms with E-state index in [2.05, 4.69) is 12.2 Å². The van der Waals surface area contributed by atoms with E-state index in [0.717, 1.165) is 18.6 Å². The molecule has 6 heteroatoms. The summed E-state index contributed by atoms with van der Waals surface area (Å²) < 4.78 is 10.7. The van der Waals surface area contributed by atoms with Crippen molar-refractivity contribution in [1.29, 1.82) is 0 Å². The van der Waals surface area contributed by atoms with Gasteiger partial charge in [0.25, 0.3) is 5.69 Å². The van der Waals surface area contributed by atoms with E-state index >= 15 is 0 Å². The summed E-state index contributed by atoms with van der Waals surface area (Å²) in [5.41, 5.74) is 1.11. The van der Waals surface area contributed by atoms with Crippen LogP contribution in [0.5, 0.6) is 0 Å². The van der Waals surface area contributed by atoms with Gasteiger partial charge in [0.05, 0.1) is 17.6 Å². The highest BCUT2D eigenvalue weighted by atomic mass is 16.6. The van der Waals surface area contributed by atoms with E-state index in [0.29, 0.717) is 19.7 Å². The minimum atomic E-state index is -0.400. The Morgan fingerprint density at radius 3 is 2.60 bits per heavy atom. The average molecular weight is 282 g/mol. The maximum atomic E-state index is 10.5. The van der Waals surface area contributed by atoms with E-state index in [1.54, 1.807) is 19.2 Å². The van der Waals surface area contributed by atoms with E-state index in [9.17, 15) is 10.1 Å². The SMILES string of the molecule is CCCOCC(CNCc1ccc([N+](=O)[O-])cc1)OC. The molecular formula is C14H22N2O4. The van der Waals surface area contributed by atoms with Crippen LogP contribution in [0.1, 0.15) is 18.9 Å². The molecule has 6 nitrogen and oxygen atoms in total. The van der Waals surface area contributed by atoms with E-state index in [1.807, 2.05) is 0 Å². The molecule has 0 heterocycles. The normalized spacial score (nSPS) is 12.3. The summed E-state index contributed by atoms with van der Waals surface area (Å²) in [5.74, 6) is 0. The van der Waals surface area contributed by atoms with Gasteiger partial charge in [-0.1, -0.05) is 19.1 Å². The van der Waals surface area contributed by atoms with Crippen molar-refractivity contribution in [1.82, 2.24) is 5.32 Å². The molecule has 0 aliphatic heterocycles. The van der Waals surface area contributed by atoms with Crippen LogP contribution in [0.4, 0.5) is 5.69 Å². The molecule has 0 aliphatic carbocycles. The largest absolute Gasteiger partial charge is 0.379 e. The third-order valence-corrected chi connectivity index (χ3v) is 2.83. The summed E-state index contributed by atoms with van der Waals surface area (Å²) in [6.45, 7) is 4.69. The fraction of sp³-hybridized carbons (Fsp3) is 0.571. The molecular weight excluding hydrogens is 260 g/mol. The van der Waals surface area contributed by atoms with Crippen molar-refractivity contribution in [3.63, 3.8) is 0 Å². The van der Waals surface area contributed by atoms with Gasteiger partial charge in [-0.2, -0.15) is 0 Å². The lowest BCUT2D eigenvalue weighted by Gasteiger charge is -2.16. The Kier molecular flexibility index (Phi) is 7.79. The molecule has 112 valence electrons. The standard InChI is InChI=1S/C14H22N2O4/c1-3-8-20-11-14(19-2)10-15-9-12-4-6-13(7-5-12)16(17)18/h4-7,14-15H,3,8-11H2,1-2H3. The predicted octanol–water partition coefficient (Wildman–Crippen LogP) is 2.13. The molecule has 1 rings (SSSR count). The van der Waals surface area contributed by atoms with Crippen molar-refractivity contribution in [3.05, 3.63) is 39.9 Å². The average Bonchev–Trinajstić information content (AvgIpc) is 2.46. The molecule has 0 aliphatic rings. The van der Waals surface area contributed by atoms with Gasteiger partial charge in [-0.25, -0.2) is 0 Å². The van der Waals surface area contributed by atoms with Gasteiger partial charge >= 0.3 is 0 Å². The zero-order valence-electron chi connectivity index (χ0n) is 12.0. The Hall–Kier alpha value is -1.50. The third-order valence-electron chi connectivity index (χ3n) is 2.83. The molecule has 1 aromatic rings. The second kappa shape index (κ2) is 9.41. The van der Waals surface area contributed by atoms with Crippen molar-refractivity contribution in [2.75, 3.05) is 26.9 Å². The van der Waals surface area contributed by atoms with E-state index < -0.39 is 4.92 Å². The number of nitrogens with zero attached hydrogens (tertiary/aromatic N) is 1. The number of hydrogen-bond donors (Lipinski definition) is 1. The highest BCUT2D eigenvalue weighted by Gasteiger charge is 2.07. The lowest BCUT2D eigenvalue weighted by atomic mass is 10.2. The first-order valence-electron chi connectivity index (χ1n) is 6.72. The van der Waals surface area contributed by atoms with Crippen LogP contribution in [-0.4, -0.2) is 37.9 Å². The fourth-order valence-electron chi connectivity index (χ4n) is 1.68. The van der Waals surface area contributed by atoms with E-state index in [4.69, 9.17) is 9.47 Å². The summed E-state index contributed by atoms with van der Waals surface area (Å²) in [4.78, 5) is 10.1. The van der Waals surface area contributed by atoms with Crippen molar-refractivity contribution >= 4 is 5.69 Å². The molecule has 1 unspecified atom stereocenters. The van der Waals surface area contributed by atoms with Gasteiger partial charge < -0.3 is 14.8 Å². The first-order valence-corrected chi connectivity index (χ1v) is 6.72. The monoisotopic (exact) mass is 282 g/mol. The third kappa shape index (κ3) is 6.10. The zero-order valence-corrected chi connectivity index (χ0v) is 12.0. The van der Waals surface area contributed by atoms with Crippen molar-refractivity contribution in [2.45, 2.75) is 26.0 Å². The number of nitrogens with one attached hydrogen (secondary N) is 1. The minimum absolute atomic E-state index is 0.0135. The van der Waals surface area contributed by atoms with Gasteiger partial charge in [0.1, 0.15) is 0 Å². The number of non-ortho nitro benzene ring substituents is 1. The smallest absolute Gasteiger partial charge is 0.269 e. The second-order valence-corrected chi connectivity index (χ2v) is 4.49. The summed E-state index contributed by atoms with van der Waals surface area (Å²) >= 11 is 0. The second-order valence-electron chi connectivity index (χ2n) is 4.49. The van der Waals surface area contributed by atoms with Crippen LogP contribution in [-0.2, 0) is 16.0 Å². The minimum Gasteiger partial charge on any atom is -0.379 e. The number of nitro benzene ring substituents is 1. The highest BCUT2D eigenvalue weighted by molar-refractivity contribution is 5.32. The summed E-state index contributed by atoms with van der Waals surface area (Å²) in [6.07, 6.45) is 1.01. The summed E-state index contributed by atoms with van der Waals surface area (Å²) in [7, 11) is 1.66. The van der Waals surface area contributed by atoms with Crippen molar-refractivity contribution in [2.24, 2.45) is 0 Å². The number of benzene rings is 1. The van der Waals surface area contributed by atoms with E-state index in [1.165, 1.54) is 12.1 Å². The molecule has 0 saturated heterocycles. The van der Waals surface area contributed by atoms with Crippen LogP contribution >= 0.6 is 0 Å². The number of ether oxygens (including phenoxy) is 2. The first-order chi connectivity index (χ1) is 9.67. The Morgan fingerprint density at radius 1 is 1.35 bits per heavy atom. The molecule has 0 spiro atoms. The number of nitro groups is 1. The highest BCUT2D eigenvalue weighted by Crippen LogP contribution is 2.11. The molecule has 1 aromatic carbocycles. The van der Waals surface area contributed by atoms with Crippen LogP contribution < -0.4 is 5.32 Å². The molecule has 0 bridgehead atoms. The van der Waals surface area contributed by atoms with Crippen molar-refractivity contribution < 1.29 is 14.4 Å². The van der Waals surface area contributed by atoms with Gasteiger partial charge in [0, 0.05) is 38.9 Å². The van der Waals surface area contributed by atoms with Crippen LogP contribution in [0.15, 0.2) is 24.3 Å². The maximum absolute atomic E-state index is 10.5. The van der Waals surface area contributed by atoms with Crippen molar-refractivity contribution in [3.8, 4) is 0 Å². The molecule has 0 fully saturated rings. The predicted molar refractivity (Wildman–Crippen MR) is 76.7 cm³/mol. The molecule has 20 heavy (non-hydrogen) atoms. The van der Waals surface area contributed by atoms with Gasteiger partial charge in [0.15, 0.2) is 0 Å². The lowest BCUT2D eigenvalue weighted by Crippen LogP contribution is -2.32. The van der Waals surface area contributed by atoms with Gasteiger partial charge in [-0.3, -0.25) is 10.1 Å². The molecule has 0 radical (unpaired) electrons. The van der Waals surface area contributed by atoms with Gasteiger partial charge in [-0.15, -0.1) is 0 Å². The quantitative estimate of drug-likeness (QED) is 0.404. The van der Waals surface area contributed by atoms with E-state index in [-0.39, 0.29) is 11.8 Å². The molecule has 1 N–H and O–H groups in total. The Morgan fingerprint density at radius 2 is 2.05 bits per heavy atom. The summed E-state index contributed by atoms with van der Waals surface area (Å²) in [5, 5.41) is 13.8. The van der Waals surface area contributed by atoms with Crippen LogP contribution in [0, 0.1) is 10.1 Å². The maximum Gasteiger partial charge on any atom is 0.269 e. The number of rotatable bonds is 10. The molecule has 1 atom stereocenters. The van der Waals surface area contributed by atoms with Crippen LogP contribution in [0.3, 0.4) is 0 Å². The Balaban J connectivity index is 2.29. The van der Waals surface area contributed by atoms with Gasteiger partial charge in [-0.05, 0) is 12.0 Å². The first kappa shape index (κ1) is 16.6. The number of methoxy groups -OCH3 is 1. The van der Waals surface area contributed by atoms with Gasteiger partial charge in [0.2, 0.25) is 0 Å². The fourth-order valence-corrected chi connectivity index (χ4v) is 1.68. The molecule has 0 saturated carbocycles. The van der Waals surface area contributed by atoms with Crippen LogP contribution in [0.2, 0.25) is 0 Å². The summed E-state index contributed by atoms with van der Waals surface area (Å²) in [6, 6.07) is 6.52. The van der Waals surface area contributed by atoms with Crippen LogP contribution in [0.25, 0.3) is 0 Å². The molecule has 0 amide bonds. The number of hydrogen-bond acceptors (Lipinski definition) is 5. The topological polar surface area (TPSA) is 73.6 Å². The Bertz CT molecular complexity index is 395. The molecule has 0 aromatic heterocycles. The Labute approximate surface area is 119 Å². The lowest BCUT2D eigenvalue weighted by molar-refractivity contribution is -0.384. The zero-order chi connectivity index (χ0) is 14.8.